The maximum absolute atomic E-state index is 6.41. The molecule has 1 aromatic heterocycles. The first-order valence-electron chi connectivity index (χ1n) is 5.52. The Bertz CT molecular complexity index is 563. The molecular weight excluding hydrogens is 241 g/mol. The highest BCUT2D eigenvalue weighted by Crippen LogP contribution is 2.34. The molecule has 0 aliphatic heterocycles. The molecule has 0 spiro atoms. The number of pyridine rings is 1. The quantitative estimate of drug-likeness (QED) is 0.632. The molecule has 1 aliphatic rings. The molecule has 2 aromatic rings. The summed E-state index contributed by atoms with van der Waals surface area (Å²) in [6, 6.07) is 6.01. The number of aryl methyl sites for hydroxylation is 1. The van der Waals surface area contributed by atoms with Gasteiger partial charge >= 0.3 is 0 Å². The third kappa shape index (κ3) is 1.59. The van der Waals surface area contributed by atoms with Gasteiger partial charge < -0.3 is 0 Å². The zero-order valence-corrected chi connectivity index (χ0v) is 10.3. The van der Waals surface area contributed by atoms with Gasteiger partial charge in [0.1, 0.15) is 5.15 Å². The van der Waals surface area contributed by atoms with E-state index in [4.69, 9.17) is 23.2 Å². The number of hydrogen-bond donors (Lipinski definition) is 0. The lowest BCUT2D eigenvalue weighted by Gasteiger charge is -2.18. The molecule has 3 heteroatoms. The molecule has 1 aliphatic carbocycles. The summed E-state index contributed by atoms with van der Waals surface area (Å²) in [7, 11) is 0. The normalized spacial score (nSPS) is 15.1. The van der Waals surface area contributed by atoms with Crippen LogP contribution in [0.5, 0.6) is 0 Å². The first-order valence-corrected chi connectivity index (χ1v) is 6.28. The standard InChI is InChI=1S/C13H11Cl2N/c14-11-6-5-9-7-8-3-1-2-4-10(8)12(15)13(9)16-11/h5-7H,1-4H2. The fourth-order valence-corrected chi connectivity index (χ4v) is 2.92. The van der Waals surface area contributed by atoms with Crippen LogP contribution >= 0.6 is 23.2 Å². The summed E-state index contributed by atoms with van der Waals surface area (Å²) in [4.78, 5) is 4.32. The predicted octanol–water partition coefficient (Wildman–Crippen LogP) is 4.42. The topological polar surface area (TPSA) is 12.9 Å². The maximum Gasteiger partial charge on any atom is 0.129 e. The number of halogens is 2. The first kappa shape index (κ1) is 10.4. The molecule has 0 radical (unpaired) electrons. The number of aromatic nitrogens is 1. The average molecular weight is 252 g/mol. The highest BCUT2D eigenvalue weighted by atomic mass is 35.5. The molecule has 0 fully saturated rings. The Balaban J connectivity index is 2.35. The number of nitrogens with zero attached hydrogens (tertiary/aromatic N) is 1. The number of rotatable bonds is 0. The van der Waals surface area contributed by atoms with Gasteiger partial charge in [-0.05, 0) is 55.0 Å². The summed E-state index contributed by atoms with van der Waals surface area (Å²) in [5.74, 6) is 0. The van der Waals surface area contributed by atoms with Crippen LogP contribution in [0, 0.1) is 0 Å². The van der Waals surface area contributed by atoms with Gasteiger partial charge in [-0.2, -0.15) is 0 Å². The highest BCUT2D eigenvalue weighted by Gasteiger charge is 2.16. The van der Waals surface area contributed by atoms with Crippen molar-refractivity contribution in [2.24, 2.45) is 0 Å². The van der Waals surface area contributed by atoms with Crippen molar-refractivity contribution in [1.29, 1.82) is 0 Å². The molecule has 0 unspecified atom stereocenters. The van der Waals surface area contributed by atoms with Crippen LogP contribution in [0.25, 0.3) is 10.9 Å². The molecule has 16 heavy (non-hydrogen) atoms. The third-order valence-electron chi connectivity index (χ3n) is 3.21. The summed E-state index contributed by atoms with van der Waals surface area (Å²) in [5.41, 5.74) is 3.50. The monoisotopic (exact) mass is 251 g/mol. The van der Waals surface area contributed by atoms with Gasteiger partial charge in [-0.3, -0.25) is 0 Å². The van der Waals surface area contributed by atoms with Gasteiger partial charge in [0.05, 0.1) is 10.5 Å². The van der Waals surface area contributed by atoms with Crippen molar-refractivity contribution >= 4 is 34.1 Å². The lowest BCUT2D eigenvalue weighted by Crippen LogP contribution is -2.04. The van der Waals surface area contributed by atoms with Crippen LogP contribution in [-0.4, -0.2) is 4.98 Å². The fraction of sp³-hybridized carbons (Fsp3) is 0.308. The van der Waals surface area contributed by atoms with Crippen molar-refractivity contribution in [3.05, 3.63) is 39.5 Å². The van der Waals surface area contributed by atoms with Crippen LogP contribution in [-0.2, 0) is 12.8 Å². The molecule has 1 aromatic carbocycles. The third-order valence-corrected chi connectivity index (χ3v) is 3.82. The van der Waals surface area contributed by atoms with Gasteiger partial charge in [0, 0.05) is 5.39 Å². The van der Waals surface area contributed by atoms with Crippen LogP contribution in [0.3, 0.4) is 0 Å². The van der Waals surface area contributed by atoms with Crippen LogP contribution in [0.1, 0.15) is 24.0 Å². The molecule has 3 rings (SSSR count). The molecule has 0 bridgehead atoms. The lowest BCUT2D eigenvalue weighted by atomic mass is 9.90. The van der Waals surface area contributed by atoms with Crippen LogP contribution in [0.2, 0.25) is 10.2 Å². The Morgan fingerprint density at radius 1 is 1.06 bits per heavy atom. The average Bonchev–Trinajstić information content (AvgIpc) is 2.31. The summed E-state index contributed by atoms with van der Waals surface area (Å²) >= 11 is 12.3. The van der Waals surface area contributed by atoms with Gasteiger partial charge in [-0.25, -0.2) is 4.98 Å². The molecule has 0 saturated heterocycles. The molecule has 0 atom stereocenters. The molecule has 0 amide bonds. The van der Waals surface area contributed by atoms with Gasteiger partial charge in [0.2, 0.25) is 0 Å². The molecular formula is C13H11Cl2N. The molecule has 1 heterocycles. The number of hydrogen-bond acceptors (Lipinski definition) is 1. The minimum atomic E-state index is 0.505. The summed E-state index contributed by atoms with van der Waals surface area (Å²) in [6.45, 7) is 0. The van der Waals surface area contributed by atoms with E-state index in [1.54, 1.807) is 0 Å². The number of fused-ring (bicyclic) bond motifs is 2. The second-order valence-electron chi connectivity index (χ2n) is 4.24. The Hall–Kier alpha value is -0.790. The van der Waals surface area contributed by atoms with E-state index in [1.807, 2.05) is 12.1 Å². The van der Waals surface area contributed by atoms with E-state index in [9.17, 15) is 0 Å². The van der Waals surface area contributed by atoms with E-state index in [2.05, 4.69) is 11.1 Å². The largest absolute Gasteiger partial charge is 0.235 e. The number of benzene rings is 1. The van der Waals surface area contributed by atoms with Crippen molar-refractivity contribution in [2.45, 2.75) is 25.7 Å². The zero-order chi connectivity index (χ0) is 11.1. The van der Waals surface area contributed by atoms with E-state index >= 15 is 0 Å². The fourth-order valence-electron chi connectivity index (χ4n) is 2.41. The minimum Gasteiger partial charge on any atom is -0.235 e. The van der Waals surface area contributed by atoms with Crippen LogP contribution in [0.4, 0.5) is 0 Å². The second-order valence-corrected chi connectivity index (χ2v) is 5.01. The summed E-state index contributed by atoms with van der Waals surface area (Å²) in [5, 5.41) is 2.40. The van der Waals surface area contributed by atoms with Crippen molar-refractivity contribution < 1.29 is 0 Å². The Morgan fingerprint density at radius 3 is 2.75 bits per heavy atom. The van der Waals surface area contributed by atoms with Crippen molar-refractivity contribution in [3.63, 3.8) is 0 Å². The van der Waals surface area contributed by atoms with Gasteiger partial charge in [-0.15, -0.1) is 0 Å². The van der Waals surface area contributed by atoms with Gasteiger partial charge in [0.25, 0.3) is 0 Å². The SMILES string of the molecule is Clc1ccc2cc3c(c(Cl)c2n1)CCCC3. The minimum absolute atomic E-state index is 0.505. The second kappa shape index (κ2) is 3.90. The van der Waals surface area contributed by atoms with Gasteiger partial charge in [-0.1, -0.05) is 23.2 Å². The van der Waals surface area contributed by atoms with E-state index < -0.39 is 0 Å². The maximum atomic E-state index is 6.41. The van der Waals surface area contributed by atoms with E-state index in [0.717, 1.165) is 28.8 Å². The van der Waals surface area contributed by atoms with Crippen LogP contribution < -0.4 is 0 Å². The first-order chi connectivity index (χ1) is 7.75. The summed E-state index contributed by atoms with van der Waals surface area (Å²) in [6.07, 6.45) is 4.68. The molecule has 1 nitrogen and oxygen atoms in total. The lowest BCUT2D eigenvalue weighted by molar-refractivity contribution is 0.687. The summed E-state index contributed by atoms with van der Waals surface area (Å²) < 4.78 is 0. The molecule has 0 saturated carbocycles. The van der Waals surface area contributed by atoms with Gasteiger partial charge in [0.15, 0.2) is 0 Å². The van der Waals surface area contributed by atoms with Crippen molar-refractivity contribution in [3.8, 4) is 0 Å². The van der Waals surface area contributed by atoms with E-state index in [0.29, 0.717) is 5.15 Å². The highest BCUT2D eigenvalue weighted by molar-refractivity contribution is 6.36. The Morgan fingerprint density at radius 2 is 1.88 bits per heavy atom. The smallest absolute Gasteiger partial charge is 0.129 e. The van der Waals surface area contributed by atoms with Crippen molar-refractivity contribution in [2.75, 3.05) is 0 Å². The molecule has 0 N–H and O–H groups in total. The Labute approximate surface area is 104 Å². The molecule has 82 valence electrons. The zero-order valence-electron chi connectivity index (χ0n) is 8.76. The predicted molar refractivity (Wildman–Crippen MR) is 68.4 cm³/mol. The van der Waals surface area contributed by atoms with Crippen LogP contribution in [0.15, 0.2) is 18.2 Å². The van der Waals surface area contributed by atoms with E-state index in [-0.39, 0.29) is 0 Å². The van der Waals surface area contributed by atoms with E-state index in [1.165, 1.54) is 24.0 Å². The Kier molecular flexibility index (Phi) is 2.53. The van der Waals surface area contributed by atoms with Crippen molar-refractivity contribution in [1.82, 2.24) is 4.98 Å².